The maximum absolute atomic E-state index is 11.0. The fourth-order valence-corrected chi connectivity index (χ4v) is 4.58. The van der Waals surface area contributed by atoms with Crippen molar-refractivity contribution in [3.8, 4) is 16.3 Å². The second-order valence-electron chi connectivity index (χ2n) is 8.84. The lowest BCUT2D eigenvalue weighted by Gasteiger charge is -2.00. The van der Waals surface area contributed by atoms with Crippen LogP contribution in [0, 0.1) is 26.7 Å². The van der Waals surface area contributed by atoms with Crippen LogP contribution in [0.5, 0.6) is 5.88 Å². The Morgan fingerprint density at radius 1 is 1.20 bits per heavy atom. The SMILES string of the molecule is COc1ccc(-c2sc(C)nc2C(=O)O)cn1.Cc1cc2nc(CCNCC3CC3)[nH]c2cc1C. The Labute approximate surface area is 208 Å². The van der Waals surface area contributed by atoms with E-state index in [4.69, 9.17) is 9.84 Å². The zero-order valence-electron chi connectivity index (χ0n) is 20.5. The highest BCUT2D eigenvalue weighted by molar-refractivity contribution is 7.15. The summed E-state index contributed by atoms with van der Waals surface area (Å²) >= 11 is 1.34. The Balaban J connectivity index is 0.000000165. The fraction of sp³-hybridized carbons (Fsp3) is 0.385. The monoisotopic (exact) mass is 493 g/mol. The number of pyridine rings is 1. The van der Waals surface area contributed by atoms with Crippen molar-refractivity contribution in [3.05, 3.63) is 58.1 Å². The molecule has 5 rings (SSSR count). The number of hydrogen-bond donors (Lipinski definition) is 3. The third kappa shape index (κ3) is 6.43. The van der Waals surface area contributed by atoms with E-state index < -0.39 is 5.97 Å². The smallest absolute Gasteiger partial charge is 0.356 e. The summed E-state index contributed by atoms with van der Waals surface area (Å²) in [6, 6.07) is 7.82. The highest BCUT2D eigenvalue weighted by Gasteiger charge is 2.20. The molecule has 184 valence electrons. The molecule has 8 nitrogen and oxygen atoms in total. The van der Waals surface area contributed by atoms with Gasteiger partial charge in [-0.05, 0) is 75.4 Å². The number of methoxy groups -OCH3 is 1. The van der Waals surface area contributed by atoms with Crippen molar-refractivity contribution in [2.45, 2.75) is 40.0 Å². The molecule has 1 aliphatic carbocycles. The van der Waals surface area contributed by atoms with E-state index >= 15 is 0 Å². The number of carboxylic acids is 1. The van der Waals surface area contributed by atoms with Crippen LogP contribution in [0.25, 0.3) is 21.5 Å². The van der Waals surface area contributed by atoms with Crippen LogP contribution >= 0.6 is 11.3 Å². The average molecular weight is 494 g/mol. The van der Waals surface area contributed by atoms with Crippen LogP contribution in [-0.2, 0) is 6.42 Å². The van der Waals surface area contributed by atoms with Gasteiger partial charge in [0.1, 0.15) is 5.82 Å². The fourth-order valence-electron chi connectivity index (χ4n) is 3.68. The number of aryl methyl sites for hydroxylation is 3. The number of fused-ring (bicyclic) bond motifs is 1. The molecule has 0 amide bonds. The van der Waals surface area contributed by atoms with Gasteiger partial charge in [-0.2, -0.15) is 0 Å². The lowest BCUT2D eigenvalue weighted by Crippen LogP contribution is -2.20. The summed E-state index contributed by atoms with van der Waals surface area (Å²) in [5.41, 5.74) is 5.69. The van der Waals surface area contributed by atoms with Gasteiger partial charge in [-0.25, -0.2) is 19.7 Å². The number of rotatable bonds is 8. The molecule has 3 heterocycles. The molecule has 0 aliphatic heterocycles. The van der Waals surface area contributed by atoms with Crippen molar-refractivity contribution < 1.29 is 14.6 Å². The quantitative estimate of drug-likeness (QED) is 0.298. The minimum Gasteiger partial charge on any atom is -0.481 e. The first kappa shape index (κ1) is 24.8. The number of ether oxygens (including phenoxy) is 1. The molecule has 1 saturated carbocycles. The molecule has 1 fully saturated rings. The number of H-pyrrole nitrogens is 1. The number of hydrogen-bond acceptors (Lipinski definition) is 7. The number of carboxylic acid groups (broad SMARTS) is 1. The third-order valence-electron chi connectivity index (χ3n) is 5.96. The minimum atomic E-state index is -1.03. The first-order valence-corrected chi connectivity index (χ1v) is 12.5. The van der Waals surface area contributed by atoms with E-state index in [2.05, 4.69) is 51.2 Å². The van der Waals surface area contributed by atoms with Gasteiger partial charge >= 0.3 is 5.97 Å². The Kier molecular flexibility index (Phi) is 7.77. The molecule has 0 radical (unpaired) electrons. The van der Waals surface area contributed by atoms with Gasteiger partial charge in [-0.3, -0.25) is 0 Å². The molecule has 3 N–H and O–H groups in total. The highest BCUT2D eigenvalue weighted by Crippen LogP contribution is 2.30. The molecule has 9 heteroatoms. The van der Waals surface area contributed by atoms with Crippen molar-refractivity contribution in [3.63, 3.8) is 0 Å². The van der Waals surface area contributed by atoms with Crippen molar-refractivity contribution in [1.82, 2.24) is 25.3 Å². The van der Waals surface area contributed by atoms with Gasteiger partial charge in [-0.15, -0.1) is 11.3 Å². The lowest BCUT2D eigenvalue weighted by atomic mass is 10.1. The summed E-state index contributed by atoms with van der Waals surface area (Å²) in [5.74, 6) is 1.51. The predicted molar refractivity (Wildman–Crippen MR) is 138 cm³/mol. The zero-order valence-corrected chi connectivity index (χ0v) is 21.3. The van der Waals surface area contributed by atoms with Crippen LogP contribution in [0.3, 0.4) is 0 Å². The van der Waals surface area contributed by atoms with Crippen LogP contribution in [0.15, 0.2) is 30.5 Å². The summed E-state index contributed by atoms with van der Waals surface area (Å²) in [5, 5.41) is 13.3. The van der Waals surface area contributed by atoms with Gasteiger partial charge in [0, 0.05) is 30.8 Å². The highest BCUT2D eigenvalue weighted by atomic mass is 32.1. The van der Waals surface area contributed by atoms with Gasteiger partial charge < -0.3 is 20.1 Å². The number of aromatic carboxylic acids is 1. The molecular formula is C26H31N5O3S. The van der Waals surface area contributed by atoms with Crippen LogP contribution in [0.1, 0.15) is 45.3 Å². The van der Waals surface area contributed by atoms with Crippen molar-refractivity contribution in [1.29, 1.82) is 0 Å². The Morgan fingerprint density at radius 2 is 1.97 bits per heavy atom. The Hall–Kier alpha value is -3.30. The molecule has 4 aromatic rings. The largest absolute Gasteiger partial charge is 0.481 e. The van der Waals surface area contributed by atoms with Crippen molar-refractivity contribution >= 4 is 28.3 Å². The van der Waals surface area contributed by atoms with E-state index in [-0.39, 0.29) is 5.69 Å². The van der Waals surface area contributed by atoms with Crippen molar-refractivity contribution in [2.75, 3.05) is 20.2 Å². The van der Waals surface area contributed by atoms with E-state index in [1.807, 2.05) is 0 Å². The molecule has 0 unspecified atom stereocenters. The average Bonchev–Trinajstić information content (AvgIpc) is 3.46. The number of aromatic amines is 1. The Bertz CT molecular complexity index is 1270. The Morgan fingerprint density at radius 3 is 2.63 bits per heavy atom. The molecule has 0 bridgehead atoms. The predicted octanol–water partition coefficient (Wildman–Crippen LogP) is 4.94. The van der Waals surface area contributed by atoms with Crippen molar-refractivity contribution in [2.24, 2.45) is 5.92 Å². The van der Waals surface area contributed by atoms with Gasteiger partial charge in [-0.1, -0.05) is 0 Å². The molecule has 3 aromatic heterocycles. The zero-order chi connectivity index (χ0) is 24.9. The van der Waals surface area contributed by atoms with E-state index in [0.29, 0.717) is 15.8 Å². The van der Waals surface area contributed by atoms with E-state index in [1.54, 1.807) is 25.3 Å². The van der Waals surface area contributed by atoms with E-state index in [0.717, 1.165) is 41.3 Å². The molecule has 35 heavy (non-hydrogen) atoms. The number of nitrogens with one attached hydrogen (secondary N) is 2. The molecule has 0 saturated heterocycles. The summed E-state index contributed by atoms with van der Waals surface area (Å²) < 4.78 is 4.95. The van der Waals surface area contributed by atoms with Gasteiger partial charge in [0.25, 0.3) is 0 Å². The maximum atomic E-state index is 11.0. The molecule has 0 spiro atoms. The summed E-state index contributed by atoms with van der Waals surface area (Å²) in [6.07, 6.45) is 5.39. The summed E-state index contributed by atoms with van der Waals surface area (Å²) in [6.45, 7) is 8.26. The second-order valence-corrected chi connectivity index (χ2v) is 10.0. The first-order chi connectivity index (χ1) is 16.8. The van der Waals surface area contributed by atoms with E-state index in [1.165, 1.54) is 49.0 Å². The van der Waals surface area contributed by atoms with Crippen LogP contribution in [0.4, 0.5) is 0 Å². The number of carbonyl (C=O) groups is 1. The van der Waals surface area contributed by atoms with Crippen LogP contribution in [0.2, 0.25) is 0 Å². The number of aromatic nitrogens is 4. The maximum Gasteiger partial charge on any atom is 0.356 e. The third-order valence-corrected chi connectivity index (χ3v) is 6.98. The minimum absolute atomic E-state index is 0.0690. The van der Waals surface area contributed by atoms with Crippen LogP contribution < -0.4 is 10.1 Å². The second kappa shape index (κ2) is 11.0. The van der Waals surface area contributed by atoms with Gasteiger partial charge in [0.05, 0.1) is 28.0 Å². The number of thiazole rings is 1. The molecular weight excluding hydrogens is 462 g/mol. The van der Waals surface area contributed by atoms with Gasteiger partial charge in [0.15, 0.2) is 5.69 Å². The summed E-state index contributed by atoms with van der Waals surface area (Å²) in [4.78, 5) is 27.8. The lowest BCUT2D eigenvalue weighted by molar-refractivity contribution is 0.0692. The van der Waals surface area contributed by atoms with E-state index in [9.17, 15) is 4.79 Å². The molecule has 0 atom stereocenters. The van der Waals surface area contributed by atoms with Crippen LogP contribution in [-0.4, -0.2) is 51.2 Å². The standard InChI is InChI=1S/C15H21N3.C11H10N2O3S/c1-10-7-13-14(8-11(10)2)18-15(17-13)5-6-16-9-12-3-4-12;1-6-13-9(11(14)15)10(17-6)7-3-4-8(16-2)12-5-7/h7-8,12,16H,3-6,9H2,1-2H3,(H,17,18);3-5H,1-2H3,(H,14,15). The number of benzene rings is 1. The molecule has 1 aromatic carbocycles. The normalized spacial score (nSPS) is 12.9. The topological polar surface area (TPSA) is 113 Å². The molecule has 1 aliphatic rings. The van der Waals surface area contributed by atoms with Gasteiger partial charge in [0.2, 0.25) is 5.88 Å². The first-order valence-electron chi connectivity index (χ1n) is 11.7. The number of nitrogens with zero attached hydrogens (tertiary/aromatic N) is 3. The summed E-state index contributed by atoms with van der Waals surface area (Å²) in [7, 11) is 1.53. The number of imidazole rings is 1.